The van der Waals surface area contributed by atoms with Gasteiger partial charge in [0.15, 0.2) is 0 Å². The van der Waals surface area contributed by atoms with Crippen molar-refractivity contribution in [3.05, 3.63) is 23.5 Å². The van der Waals surface area contributed by atoms with Crippen molar-refractivity contribution in [2.45, 2.75) is 31.9 Å². The summed E-state index contributed by atoms with van der Waals surface area (Å²) in [5, 5.41) is 3.93. The normalized spacial score (nSPS) is 24.1. The van der Waals surface area contributed by atoms with Crippen molar-refractivity contribution in [2.24, 2.45) is 0 Å². The van der Waals surface area contributed by atoms with E-state index in [1.807, 2.05) is 12.1 Å². The highest BCUT2D eigenvalue weighted by Gasteiger charge is 2.35. The predicted molar refractivity (Wildman–Crippen MR) is 61.3 cm³/mol. The van der Waals surface area contributed by atoms with E-state index >= 15 is 0 Å². The minimum atomic E-state index is -0.115. The Morgan fingerprint density at radius 2 is 2.40 bits per heavy atom. The number of nitrogens with zero attached hydrogens (tertiary/aromatic N) is 1. The predicted octanol–water partition coefficient (Wildman–Crippen LogP) is 2.71. The summed E-state index contributed by atoms with van der Waals surface area (Å²) in [5.41, 5.74) is 0.883. The van der Waals surface area contributed by atoms with Crippen molar-refractivity contribution in [1.29, 1.82) is 0 Å². The average Bonchev–Trinajstić information content (AvgIpc) is 2.46. The van der Waals surface area contributed by atoms with Gasteiger partial charge in [0.1, 0.15) is 5.15 Å². The second-order valence-corrected chi connectivity index (χ2v) is 4.69. The van der Waals surface area contributed by atoms with E-state index in [1.165, 1.54) is 0 Å². The van der Waals surface area contributed by atoms with Crippen LogP contribution < -0.4 is 5.32 Å². The third-order valence-electron chi connectivity index (χ3n) is 2.79. The number of hydrogen-bond donors (Lipinski definition) is 1. The first-order chi connectivity index (χ1) is 7.08. The third-order valence-corrected chi connectivity index (χ3v) is 2.99. The molecule has 1 aromatic heterocycles. The lowest BCUT2D eigenvalue weighted by atomic mass is 9.99. The molecule has 4 heteroatoms. The number of ether oxygens (including phenoxy) is 1. The highest BCUT2D eigenvalue weighted by molar-refractivity contribution is 6.29. The van der Waals surface area contributed by atoms with Crippen molar-refractivity contribution in [3.63, 3.8) is 0 Å². The average molecular weight is 227 g/mol. The Hall–Kier alpha value is -0.800. The summed E-state index contributed by atoms with van der Waals surface area (Å²) < 4.78 is 5.64. The molecular formula is C11H15ClN2O. The molecule has 0 aliphatic carbocycles. The summed E-state index contributed by atoms with van der Waals surface area (Å²) in [6, 6.07) is 4.08. The van der Waals surface area contributed by atoms with E-state index < -0.39 is 0 Å². The highest BCUT2D eigenvalue weighted by atomic mass is 35.5. The number of aromatic nitrogens is 1. The van der Waals surface area contributed by atoms with Crippen LogP contribution in [0.4, 0.5) is 5.69 Å². The van der Waals surface area contributed by atoms with Gasteiger partial charge in [-0.25, -0.2) is 4.98 Å². The number of nitrogens with one attached hydrogen (secondary N) is 1. The third kappa shape index (κ3) is 2.41. The van der Waals surface area contributed by atoms with Crippen molar-refractivity contribution < 1.29 is 4.74 Å². The number of halogens is 1. The van der Waals surface area contributed by atoms with E-state index in [4.69, 9.17) is 16.3 Å². The molecule has 3 nitrogen and oxygen atoms in total. The van der Waals surface area contributed by atoms with Gasteiger partial charge in [-0.15, -0.1) is 0 Å². The zero-order chi connectivity index (χ0) is 10.9. The van der Waals surface area contributed by atoms with Gasteiger partial charge in [0.2, 0.25) is 0 Å². The van der Waals surface area contributed by atoms with Crippen LogP contribution in [0.15, 0.2) is 18.3 Å². The molecule has 1 N–H and O–H groups in total. The Labute approximate surface area is 94.8 Å². The van der Waals surface area contributed by atoms with E-state index in [9.17, 15) is 0 Å². The molecule has 2 heterocycles. The lowest BCUT2D eigenvalue weighted by molar-refractivity contribution is 0.0315. The molecule has 0 bridgehead atoms. The molecule has 0 aromatic carbocycles. The lowest BCUT2D eigenvalue weighted by Crippen LogP contribution is -2.37. The minimum Gasteiger partial charge on any atom is -0.379 e. The molecular weight excluding hydrogens is 212 g/mol. The largest absolute Gasteiger partial charge is 0.379 e. The van der Waals surface area contributed by atoms with Crippen LogP contribution in [0.3, 0.4) is 0 Å². The Kier molecular flexibility index (Phi) is 2.85. The fraction of sp³-hybridized carbons (Fsp3) is 0.545. The zero-order valence-electron chi connectivity index (χ0n) is 8.96. The maximum atomic E-state index is 5.82. The second kappa shape index (κ2) is 3.99. The molecule has 1 saturated heterocycles. The van der Waals surface area contributed by atoms with Gasteiger partial charge in [0.25, 0.3) is 0 Å². The van der Waals surface area contributed by atoms with E-state index in [0.717, 1.165) is 18.7 Å². The van der Waals surface area contributed by atoms with Crippen LogP contribution in [0.5, 0.6) is 0 Å². The molecule has 1 aromatic rings. The van der Waals surface area contributed by atoms with Crippen molar-refractivity contribution in [2.75, 3.05) is 11.9 Å². The van der Waals surface area contributed by atoms with E-state index in [-0.39, 0.29) is 5.60 Å². The van der Waals surface area contributed by atoms with Crippen molar-refractivity contribution in [3.8, 4) is 0 Å². The van der Waals surface area contributed by atoms with Gasteiger partial charge in [-0.2, -0.15) is 0 Å². The first kappa shape index (κ1) is 10.7. The molecule has 0 saturated carbocycles. The smallest absolute Gasteiger partial charge is 0.131 e. The molecule has 1 atom stereocenters. The molecule has 0 spiro atoms. The minimum absolute atomic E-state index is 0.115. The first-order valence-corrected chi connectivity index (χ1v) is 5.48. The SMILES string of the molecule is CC1(C)OCCC1Nc1ccnc(Cl)c1. The molecule has 0 amide bonds. The molecule has 0 radical (unpaired) electrons. The number of anilines is 1. The summed E-state index contributed by atoms with van der Waals surface area (Å²) in [7, 11) is 0. The quantitative estimate of drug-likeness (QED) is 0.788. The van der Waals surface area contributed by atoms with Crippen LogP contribution in [-0.2, 0) is 4.74 Å². The Bertz CT molecular complexity index is 354. The maximum Gasteiger partial charge on any atom is 0.131 e. The second-order valence-electron chi connectivity index (χ2n) is 4.30. The van der Waals surface area contributed by atoms with Gasteiger partial charge in [-0.1, -0.05) is 11.6 Å². The lowest BCUT2D eigenvalue weighted by Gasteiger charge is -2.27. The summed E-state index contributed by atoms with van der Waals surface area (Å²) in [4.78, 5) is 3.94. The molecule has 1 fully saturated rings. The topological polar surface area (TPSA) is 34.1 Å². The fourth-order valence-corrected chi connectivity index (χ4v) is 2.00. The molecule has 15 heavy (non-hydrogen) atoms. The van der Waals surface area contributed by atoms with Gasteiger partial charge in [-0.05, 0) is 32.4 Å². The van der Waals surface area contributed by atoms with Crippen LogP contribution in [0.25, 0.3) is 0 Å². The summed E-state index contributed by atoms with van der Waals surface area (Å²) >= 11 is 5.82. The standard InChI is InChI=1S/C11H15ClN2O/c1-11(2)9(4-6-15-11)14-8-3-5-13-10(12)7-8/h3,5,7,9H,4,6H2,1-2H3,(H,13,14). The monoisotopic (exact) mass is 226 g/mol. The fourth-order valence-electron chi connectivity index (χ4n) is 1.83. The maximum absolute atomic E-state index is 5.82. The van der Waals surface area contributed by atoms with E-state index in [0.29, 0.717) is 11.2 Å². The van der Waals surface area contributed by atoms with Gasteiger partial charge < -0.3 is 10.1 Å². The Balaban J connectivity index is 2.09. The highest BCUT2D eigenvalue weighted by Crippen LogP contribution is 2.28. The summed E-state index contributed by atoms with van der Waals surface area (Å²) in [5.74, 6) is 0. The van der Waals surface area contributed by atoms with Crippen LogP contribution in [0.2, 0.25) is 5.15 Å². The van der Waals surface area contributed by atoms with Crippen LogP contribution in [-0.4, -0.2) is 23.2 Å². The van der Waals surface area contributed by atoms with Crippen LogP contribution in [0.1, 0.15) is 20.3 Å². The zero-order valence-corrected chi connectivity index (χ0v) is 9.71. The molecule has 1 unspecified atom stereocenters. The van der Waals surface area contributed by atoms with Gasteiger partial charge in [0.05, 0.1) is 11.6 Å². The Morgan fingerprint density at radius 3 is 3.00 bits per heavy atom. The molecule has 1 aliphatic rings. The number of hydrogen-bond acceptors (Lipinski definition) is 3. The summed E-state index contributed by atoms with van der Waals surface area (Å²) in [6.45, 7) is 5.00. The van der Waals surface area contributed by atoms with E-state index in [2.05, 4.69) is 24.1 Å². The van der Waals surface area contributed by atoms with Crippen molar-refractivity contribution >= 4 is 17.3 Å². The molecule has 1 aliphatic heterocycles. The van der Waals surface area contributed by atoms with E-state index in [1.54, 1.807) is 6.20 Å². The Morgan fingerprint density at radius 1 is 1.60 bits per heavy atom. The van der Waals surface area contributed by atoms with Crippen LogP contribution >= 0.6 is 11.6 Å². The van der Waals surface area contributed by atoms with Crippen LogP contribution in [0, 0.1) is 0 Å². The van der Waals surface area contributed by atoms with Gasteiger partial charge in [-0.3, -0.25) is 0 Å². The molecule has 2 rings (SSSR count). The first-order valence-electron chi connectivity index (χ1n) is 5.10. The summed E-state index contributed by atoms with van der Waals surface area (Å²) in [6.07, 6.45) is 2.72. The van der Waals surface area contributed by atoms with Crippen molar-refractivity contribution in [1.82, 2.24) is 4.98 Å². The van der Waals surface area contributed by atoms with Gasteiger partial charge in [0, 0.05) is 18.5 Å². The number of rotatable bonds is 2. The molecule has 82 valence electrons. The van der Waals surface area contributed by atoms with Gasteiger partial charge >= 0.3 is 0 Å². The number of pyridine rings is 1.